The van der Waals surface area contributed by atoms with Gasteiger partial charge in [-0.2, -0.15) is 0 Å². The normalized spacial score (nSPS) is 14.9. The first kappa shape index (κ1) is 14.4. The van der Waals surface area contributed by atoms with Crippen molar-refractivity contribution in [1.82, 2.24) is 15.5 Å². The standard InChI is InChI=1S/C16H16FN3O2/c1-10(12-3-2-4-13(17)8-12)7-14(21)18-9-15-19-20-16(22-15)11-5-6-11/h2-4,7-8,11H,5-6,9H2,1H3,(H,18,21)/b10-7+. The highest BCUT2D eigenvalue weighted by molar-refractivity contribution is 5.94. The SMILES string of the molecule is C/C(=C\C(=O)NCc1nnc(C2CC2)o1)c1cccc(F)c1. The molecule has 0 unspecified atom stereocenters. The van der Waals surface area contributed by atoms with E-state index in [0.29, 0.717) is 28.8 Å². The van der Waals surface area contributed by atoms with Gasteiger partial charge in [-0.3, -0.25) is 4.79 Å². The molecule has 1 N–H and O–H groups in total. The smallest absolute Gasteiger partial charge is 0.244 e. The average molecular weight is 301 g/mol. The van der Waals surface area contributed by atoms with Crippen LogP contribution in [0.25, 0.3) is 5.57 Å². The van der Waals surface area contributed by atoms with Crippen molar-refractivity contribution < 1.29 is 13.6 Å². The van der Waals surface area contributed by atoms with Crippen LogP contribution in [0.5, 0.6) is 0 Å². The summed E-state index contributed by atoms with van der Waals surface area (Å²) in [5.41, 5.74) is 1.35. The summed E-state index contributed by atoms with van der Waals surface area (Å²) in [7, 11) is 0. The molecule has 1 aliphatic rings. The third-order valence-electron chi connectivity index (χ3n) is 3.45. The first-order chi connectivity index (χ1) is 10.6. The maximum absolute atomic E-state index is 13.2. The van der Waals surface area contributed by atoms with Crippen molar-refractivity contribution in [3.63, 3.8) is 0 Å². The molecule has 0 saturated heterocycles. The van der Waals surface area contributed by atoms with Gasteiger partial charge in [0.05, 0.1) is 6.54 Å². The zero-order chi connectivity index (χ0) is 15.5. The summed E-state index contributed by atoms with van der Waals surface area (Å²) in [6.07, 6.45) is 3.60. The highest BCUT2D eigenvalue weighted by atomic mass is 19.1. The molecule has 1 fully saturated rings. The molecular formula is C16H16FN3O2. The lowest BCUT2D eigenvalue weighted by Gasteiger charge is -2.02. The Morgan fingerprint density at radius 3 is 3.00 bits per heavy atom. The number of allylic oxidation sites excluding steroid dienone is 1. The number of carbonyl (C=O) groups is 1. The molecule has 1 amide bonds. The molecule has 114 valence electrons. The van der Waals surface area contributed by atoms with Gasteiger partial charge in [0.25, 0.3) is 0 Å². The van der Waals surface area contributed by atoms with Crippen LogP contribution in [0.1, 0.15) is 43.0 Å². The molecule has 1 aromatic heterocycles. The van der Waals surface area contributed by atoms with Crippen LogP contribution in [-0.4, -0.2) is 16.1 Å². The minimum absolute atomic E-state index is 0.186. The van der Waals surface area contributed by atoms with Crippen LogP contribution in [0, 0.1) is 5.82 Å². The first-order valence-corrected chi connectivity index (χ1v) is 7.16. The second-order valence-corrected chi connectivity index (χ2v) is 5.36. The Morgan fingerprint density at radius 2 is 2.27 bits per heavy atom. The Kier molecular flexibility index (Phi) is 4.00. The second-order valence-electron chi connectivity index (χ2n) is 5.36. The quantitative estimate of drug-likeness (QED) is 0.862. The Labute approximate surface area is 127 Å². The number of halogens is 1. The van der Waals surface area contributed by atoms with E-state index in [0.717, 1.165) is 12.8 Å². The fourth-order valence-electron chi connectivity index (χ4n) is 2.06. The Balaban J connectivity index is 1.57. The number of aromatic nitrogens is 2. The predicted octanol–water partition coefficient (Wildman–Crippen LogP) is 2.81. The van der Waals surface area contributed by atoms with E-state index in [-0.39, 0.29) is 18.3 Å². The number of nitrogens with zero attached hydrogens (tertiary/aromatic N) is 2. The van der Waals surface area contributed by atoms with Gasteiger partial charge in [-0.15, -0.1) is 10.2 Å². The molecule has 22 heavy (non-hydrogen) atoms. The van der Waals surface area contributed by atoms with Crippen LogP contribution in [0.15, 0.2) is 34.8 Å². The molecule has 1 aromatic carbocycles. The van der Waals surface area contributed by atoms with Gasteiger partial charge in [0, 0.05) is 12.0 Å². The summed E-state index contributed by atoms with van der Waals surface area (Å²) >= 11 is 0. The molecular weight excluding hydrogens is 285 g/mol. The molecule has 1 saturated carbocycles. The third kappa shape index (κ3) is 3.58. The minimum Gasteiger partial charge on any atom is -0.423 e. The van der Waals surface area contributed by atoms with Gasteiger partial charge in [-0.25, -0.2) is 4.39 Å². The summed E-state index contributed by atoms with van der Waals surface area (Å²) in [5, 5.41) is 10.5. The number of amides is 1. The van der Waals surface area contributed by atoms with E-state index in [1.54, 1.807) is 19.1 Å². The number of carbonyl (C=O) groups excluding carboxylic acids is 1. The number of benzene rings is 1. The molecule has 2 aromatic rings. The van der Waals surface area contributed by atoms with E-state index in [2.05, 4.69) is 15.5 Å². The Morgan fingerprint density at radius 1 is 1.45 bits per heavy atom. The van der Waals surface area contributed by atoms with Crippen LogP contribution >= 0.6 is 0 Å². The molecule has 0 aliphatic heterocycles. The van der Waals surface area contributed by atoms with Crippen molar-refractivity contribution in [3.05, 3.63) is 53.5 Å². The topological polar surface area (TPSA) is 68.0 Å². The summed E-state index contributed by atoms with van der Waals surface area (Å²) in [6.45, 7) is 1.94. The van der Waals surface area contributed by atoms with Crippen LogP contribution in [0.4, 0.5) is 4.39 Å². The summed E-state index contributed by atoms with van der Waals surface area (Å²) in [6, 6.07) is 6.11. The average Bonchev–Trinajstić information content (AvgIpc) is 3.24. The molecule has 3 rings (SSSR count). The number of nitrogens with one attached hydrogen (secondary N) is 1. The molecule has 1 heterocycles. The highest BCUT2D eigenvalue weighted by Crippen LogP contribution is 2.38. The number of hydrogen-bond donors (Lipinski definition) is 1. The van der Waals surface area contributed by atoms with Crippen LogP contribution in [0.2, 0.25) is 0 Å². The Hall–Kier alpha value is -2.50. The molecule has 0 bridgehead atoms. The maximum atomic E-state index is 13.2. The van der Waals surface area contributed by atoms with Gasteiger partial charge in [0.2, 0.25) is 17.7 Å². The zero-order valence-electron chi connectivity index (χ0n) is 12.2. The fraction of sp³-hybridized carbons (Fsp3) is 0.312. The van der Waals surface area contributed by atoms with Crippen molar-refractivity contribution in [1.29, 1.82) is 0 Å². The molecule has 6 heteroatoms. The van der Waals surface area contributed by atoms with E-state index >= 15 is 0 Å². The van der Waals surface area contributed by atoms with Gasteiger partial charge >= 0.3 is 0 Å². The largest absolute Gasteiger partial charge is 0.423 e. The van der Waals surface area contributed by atoms with Crippen molar-refractivity contribution in [2.24, 2.45) is 0 Å². The van der Waals surface area contributed by atoms with E-state index in [4.69, 9.17) is 4.42 Å². The zero-order valence-corrected chi connectivity index (χ0v) is 12.2. The van der Waals surface area contributed by atoms with Crippen molar-refractivity contribution in [3.8, 4) is 0 Å². The van der Waals surface area contributed by atoms with Gasteiger partial charge in [0.1, 0.15) is 5.82 Å². The van der Waals surface area contributed by atoms with Crippen LogP contribution in [-0.2, 0) is 11.3 Å². The van der Waals surface area contributed by atoms with Crippen molar-refractivity contribution in [2.75, 3.05) is 0 Å². The molecule has 0 atom stereocenters. The van der Waals surface area contributed by atoms with Gasteiger partial charge in [-0.05, 0) is 43.0 Å². The molecule has 1 aliphatic carbocycles. The van der Waals surface area contributed by atoms with E-state index < -0.39 is 0 Å². The minimum atomic E-state index is -0.330. The Bertz CT molecular complexity index is 720. The lowest BCUT2D eigenvalue weighted by molar-refractivity contribution is -0.116. The van der Waals surface area contributed by atoms with Gasteiger partial charge in [0.15, 0.2) is 0 Å². The van der Waals surface area contributed by atoms with Crippen LogP contribution in [0.3, 0.4) is 0 Å². The third-order valence-corrected chi connectivity index (χ3v) is 3.45. The highest BCUT2D eigenvalue weighted by Gasteiger charge is 2.29. The summed E-state index contributed by atoms with van der Waals surface area (Å²) < 4.78 is 18.6. The van der Waals surface area contributed by atoms with E-state index in [1.165, 1.54) is 18.2 Å². The second kappa shape index (κ2) is 6.09. The first-order valence-electron chi connectivity index (χ1n) is 7.16. The maximum Gasteiger partial charge on any atom is 0.244 e. The van der Waals surface area contributed by atoms with Crippen molar-refractivity contribution >= 4 is 11.5 Å². The molecule has 0 radical (unpaired) electrons. The number of rotatable bonds is 5. The lowest BCUT2D eigenvalue weighted by Crippen LogP contribution is -2.20. The van der Waals surface area contributed by atoms with Crippen molar-refractivity contribution in [2.45, 2.75) is 32.2 Å². The van der Waals surface area contributed by atoms with Gasteiger partial charge in [-0.1, -0.05) is 12.1 Å². The van der Waals surface area contributed by atoms with E-state index in [9.17, 15) is 9.18 Å². The molecule has 5 nitrogen and oxygen atoms in total. The predicted molar refractivity (Wildman–Crippen MR) is 78.2 cm³/mol. The summed E-state index contributed by atoms with van der Waals surface area (Å²) in [4.78, 5) is 11.9. The molecule has 0 spiro atoms. The number of hydrogen-bond acceptors (Lipinski definition) is 4. The van der Waals surface area contributed by atoms with Gasteiger partial charge < -0.3 is 9.73 Å². The van der Waals surface area contributed by atoms with E-state index in [1.807, 2.05) is 0 Å². The van der Waals surface area contributed by atoms with Crippen LogP contribution < -0.4 is 5.32 Å². The fourth-order valence-corrected chi connectivity index (χ4v) is 2.06. The monoisotopic (exact) mass is 301 g/mol. The summed E-state index contributed by atoms with van der Waals surface area (Å²) in [5.74, 6) is 0.826. The lowest BCUT2D eigenvalue weighted by atomic mass is 10.1.